The first-order chi connectivity index (χ1) is 13.1. The van der Waals surface area contributed by atoms with Crippen molar-refractivity contribution in [3.05, 3.63) is 53.5 Å². The molecule has 4 rings (SSSR count). The predicted molar refractivity (Wildman–Crippen MR) is 106 cm³/mol. The lowest BCUT2D eigenvalue weighted by Crippen LogP contribution is -2.38. The number of nitrogens with two attached hydrogens (primary N) is 1. The van der Waals surface area contributed by atoms with Crippen LogP contribution in [-0.2, 0) is 17.9 Å². The highest BCUT2D eigenvalue weighted by molar-refractivity contribution is 5.76. The molecule has 2 aliphatic rings. The van der Waals surface area contributed by atoms with E-state index in [1.165, 1.54) is 12.0 Å². The van der Waals surface area contributed by atoms with Crippen LogP contribution >= 0.6 is 0 Å². The maximum Gasteiger partial charge on any atom is 0.220 e. The van der Waals surface area contributed by atoms with Crippen molar-refractivity contribution in [3.63, 3.8) is 0 Å². The molecule has 5 nitrogen and oxygen atoms in total. The minimum absolute atomic E-state index is 0.0473. The normalized spacial score (nSPS) is 23.3. The van der Waals surface area contributed by atoms with E-state index in [-0.39, 0.29) is 11.8 Å². The van der Waals surface area contributed by atoms with Gasteiger partial charge in [0.2, 0.25) is 5.91 Å². The van der Waals surface area contributed by atoms with E-state index in [4.69, 9.17) is 10.2 Å². The van der Waals surface area contributed by atoms with Gasteiger partial charge in [-0.3, -0.25) is 9.69 Å². The van der Waals surface area contributed by atoms with Gasteiger partial charge in [0.05, 0.1) is 6.54 Å². The fraction of sp³-hybridized carbons (Fsp3) is 0.500. The van der Waals surface area contributed by atoms with Crippen molar-refractivity contribution in [2.24, 2.45) is 17.6 Å². The molecule has 2 heterocycles. The molecule has 3 N–H and O–H groups in total. The number of carbonyl (C=O) groups excluding carboxylic acids is 1. The number of rotatable bonds is 7. The molecule has 2 fully saturated rings. The SMILES string of the molecule is CC1CC1c1ccc(CNc2cccc(CN3CCC(C(N)=O)CC3)c2)o1. The van der Waals surface area contributed by atoms with Crippen molar-refractivity contribution < 1.29 is 9.21 Å². The van der Waals surface area contributed by atoms with Crippen LogP contribution in [0.1, 0.15) is 49.2 Å². The van der Waals surface area contributed by atoms with E-state index in [9.17, 15) is 4.79 Å². The van der Waals surface area contributed by atoms with Gasteiger partial charge in [0.15, 0.2) is 0 Å². The van der Waals surface area contributed by atoms with Crippen molar-refractivity contribution >= 4 is 11.6 Å². The average Bonchev–Trinajstić information content (AvgIpc) is 3.21. The molecule has 2 unspecified atom stereocenters. The number of anilines is 1. The molecule has 1 aromatic heterocycles. The van der Waals surface area contributed by atoms with Crippen LogP contribution in [0, 0.1) is 11.8 Å². The van der Waals surface area contributed by atoms with E-state index >= 15 is 0 Å². The van der Waals surface area contributed by atoms with Crippen LogP contribution in [0.15, 0.2) is 40.8 Å². The van der Waals surface area contributed by atoms with Gasteiger partial charge in [-0.05, 0) is 68.1 Å². The largest absolute Gasteiger partial charge is 0.464 e. The van der Waals surface area contributed by atoms with Crippen LogP contribution in [0.2, 0.25) is 0 Å². The highest BCUT2D eigenvalue weighted by Gasteiger charge is 2.36. The zero-order chi connectivity index (χ0) is 18.8. The maximum absolute atomic E-state index is 11.3. The Labute approximate surface area is 160 Å². The highest BCUT2D eigenvalue weighted by Crippen LogP contribution is 2.47. The number of piperidine rings is 1. The molecule has 2 atom stereocenters. The number of likely N-dealkylation sites (tertiary alicyclic amines) is 1. The topological polar surface area (TPSA) is 71.5 Å². The van der Waals surface area contributed by atoms with E-state index in [1.54, 1.807) is 0 Å². The summed E-state index contributed by atoms with van der Waals surface area (Å²) in [5, 5.41) is 3.47. The number of nitrogens with zero attached hydrogens (tertiary/aromatic N) is 1. The fourth-order valence-corrected chi connectivity index (χ4v) is 4.01. The molecule has 27 heavy (non-hydrogen) atoms. The van der Waals surface area contributed by atoms with Crippen LogP contribution in [0.25, 0.3) is 0 Å². The number of hydrogen-bond donors (Lipinski definition) is 2. The second kappa shape index (κ2) is 7.77. The van der Waals surface area contributed by atoms with Gasteiger partial charge in [-0.25, -0.2) is 0 Å². The van der Waals surface area contributed by atoms with Crippen molar-refractivity contribution in [2.75, 3.05) is 18.4 Å². The Morgan fingerprint density at radius 2 is 2.04 bits per heavy atom. The number of amides is 1. The quantitative estimate of drug-likeness (QED) is 0.782. The van der Waals surface area contributed by atoms with E-state index in [0.29, 0.717) is 12.5 Å². The van der Waals surface area contributed by atoms with Crippen LogP contribution in [-0.4, -0.2) is 23.9 Å². The number of benzene rings is 1. The molecule has 0 radical (unpaired) electrons. The molecule has 1 saturated heterocycles. The maximum atomic E-state index is 11.3. The molecule has 2 aromatic rings. The number of hydrogen-bond acceptors (Lipinski definition) is 4. The molecular formula is C22H29N3O2. The van der Waals surface area contributed by atoms with Crippen LogP contribution in [0.4, 0.5) is 5.69 Å². The molecule has 1 aromatic carbocycles. The second-order valence-corrected chi connectivity index (χ2v) is 8.13. The third-order valence-electron chi connectivity index (χ3n) is 5.95. The van der Waals surface area contributed by atoms with E-state index in [0.717, 1.165) is 55.6 Å². The van der Waals surface area contributed by atoms with Gasteiger partial charge >= 0.3 is 0 Å². The molecule has 1 amide bonds. The standard InChI is InChI=1S/C22H29N3O2/c1-15-11-20(15)21-6-5-19(27-21)13-24-18-4-2-3-16(12-18)14-25-9-7-17(8-10-25)22(23)26/h2-6,12,15,17,20,24H,7-11,13-14H2,1H3,(H2,23,26). The van der Waals surface area contributed by atoms with Gasteiger partial charge in [-0.1, -0.05) is 19.1 Å². The van der Waals surface area contributed by atoms with Gasteiger partial charge in [0, 0.05) is 24.1 Å². The Morgan fingerprint density at radius 1 is 1.26 bits per heavy atom. The monoisotopic (exact) mass is 367 g/mol. The Morgan fingerprint density at radius 3 is 2.74 bits per heavy atom. The van der Waals surface area contributed by atoms with E-state index in [2.05, 4.69) is 53.5 Å². The fourth-order valence-electron chi connectivity index (χ4n) is 4.01. The van der Waals surface area contributed by atoms with Crippen molar-refractivity contribution in [3.8, 4) is 0 Å². The first kappa shape index (κ1) is 18.1. The molecule has 0 spiro atoms. The third kappa shape index (κ3) is 4.53. The average molecular weight is 367 g/mol. The van der Waals surface area contributed by atoms with Gasteiger partial charge in [-0.15, -0.1) is 0 Å². The van der Waals surface area contributed by atoms with Crippen LogP contribution in [0.3, 0.4) is 0 Å². The minimum Gasteiger partial charge on any atom is -0.464 e. The smallest absolute Gasteiger partial charge is 0.220 e. The van der Waals surface area contributed by atoms with Gasteiger partial charge < -0.3 is 15.5 Å². The number of primary amides is 1. The Hall–Kier alpha value is -2.27. The van der Waals surface area contributed by atoms with Crippen LogP contribution < -0.4 is 11.1 Å². The van der Waals surface area contributed by atoms with Gasteiger partial charge in [0.25, 0.3) is 0 Å². The summed E-state index contributed by atoms with van der Waals surface area (Å²) in [6.07, 6.45) is 2.99. The summed E-state index contributed by atoms with van der Waals surface area (Å²) in [5.41, 5.74) is 7.81. The zero-order valence-electron chi connectivity index (χ0n) is 16.0. The highest BCUT2D eigenvalue weighted by atomic mass is 16.3. The Kier molecular flexibility index (Phi) is 5.21. The first-order valence-electron chi connectivity index (χ1n) is 10.0. The van der Waals surface area contributed by atoms with Gasteiger partial charge in [0.1, 0.15) is 11.5 Å². The number of carbonyl (C=O) groups is 1. The third-order valence-corrected chi connectivity index (χ3v) is 5.95. The summed E-state index contributed by atoms with van der Waals surface area (Å²) in [7, 11) is 0. The summed E-state index contributed by atoms with van der Waals surface area (Å²) in [6.45, 7) is 5.74. The van der Waals surface area contributed by atoms with Crippen molar-refractivity contribution in [1.29, 1.82) is 0 Å². The Balaban J connectivity index is 1.29. The molecule has 5 heteroatoms. The second-order valence-electron chi connectivity index (χ2n) is 8.13. The lowest BCUT2D eigenvalue weighted by molar-refractivity contribution is -0.123. The lowest BCUT2D eigenvalue weighted by atomic mass is 9.96. The minimum atomic E-state index is -0.155. The summed E-state index contributed by atoms with van der Waals surface area (Å²) in [6, 6.07) is 12.7. The Bertz CT molecular complexity index is 792. The van der Waals surface area contributed by atoms with Crippen molar-refractivity contribution in [2.45, 2.75) is 45.2 Å². The molecule has 1 saturated carbocycles. The summed E-state index contributed by atoms with van der Waals surface area (Å²) in [5.74, 6) is 3.40. The number of furan rings is 1. The summed E-state index contributed by atoms with van der Waals surface area (Å²) < 4.78 is 5.97. The van der Waals surface area contributed by atoms with Crippen molar-refractivity contribution in [1.82, 2.24) is 4.90 Å². The van der Waals surface area contributed by atoms with E-state index in [1.807, 2.05) is 0 Å². The summed E-state index contributed by atoms with van der Waals surface area (Å²) >= 11 is 0. The first-order valence-corrected chi connectivity index (χ1v) is 10.0. The lowest BCUT2D eigenvalue weighted by Gasteiger charge is -2.30. The summed E-state index contributed by atoms with van der Waals surface area (Å²) in [4.78, 5) is 13.7. The predicted octanol–water partition coefficient (Wildman–Crippen LogP) is 3.71. The molecular weight excluding hydrogens is 338 g/mol. The number of nitrogens with one attached hydrogen (secondary N) is 1. The van der Waals surface area contributed by atoms with E-state index < -0.39 is 0 Å². The molecule has 1 aliphatic heterocycles. The van der Waals surface area contributed by atoms with Gasteiger partial charge in [-0.2, -0.15) is 0 Å². The molecule has 144 valence electrons. The van der Waals surface area contributed by atoms with Crippen LogP contribution in [0.5, 0.6) is 0 Å². The molecule has 0 bridgehead atoms. The molecule has 1 aliphatic carbocycles. The zero-order valence-corrected chi connectivity index (χ0v) is 16.0.